The smallest absolute Gasteiger partial charge is 0.232 e. The molecule has 0 amide bonds. The summed E-state index contributed by atoms with van der Waals surface area (Å²) in [6.07, 6.45) is 0. The van der Waals surface area contributed by atoms with Crippen LogP contribution in [0.2, 0.25) is 0 Å². The van der Waals surface area contributed by atoms with Gasteiger partial charge in [0.05, 0.1) is 19.8 Å². The molecule has 1 aromatic heterocycles. The molecule has 0 radical (unpaired) electrons. The van der Waals surface area contributed by atoms with Crippen LogP contribution in [0.25, 0.3) is 0 Å². The van der Waals surface area contributed by atoms with Gasteiger partial charge in [-0.25, -0.2) is 0 Å². The summed E-state index contributed by atoms with van der Waals surface area (Å²) in [7, 11) is 0. The predicted octanol–water partition coefficient (Wildman–Crippen LogP) is -0.0673. The molecule has 2 rings (SSSR count). The van der Waals surface area contributed by atoms with Gasteiger partial charge in [0.1, 0.15) is 0 Å². The number of aliphatic hydroxyl groups excluding tert-OH is 1. The van der Waals surface area contributed by atoms with Crippen LogP contribution in [0.3, 0.4) is 0 Å². The average Bonchev–Trinajstić information content (AvgIpc) is 2.48. The Morgan fingerprint density at radius 1 is 1.25 bits per heavy atom. The molecule has 1 aliphatic heterocycles. The first-order valence-corrected chi connectivity index (χ1v) is 6.93. The highest BCUT2D eigenvalue weighted by atomic mass is 16.5. The van der Waals surface area contributed by atoms with Gasteiger partial charge < -0.3 is 25.4 Å². The second-order valence-electron chi connectivity index (χ2n) is 4.64. The molecule has 112 valence electrons. The van der Waals surface area contributed by atoms with E-state index in [0.717, 1.165) is 19.6 Å². The first kappa shape index (κ1) is 14.7. The molecule has 2 heterocycles. The monoisotopic (exact) mass is 282 g/mol. The fourth-order valence-electron chi connectivity index (χ4n) is 1.84. The van der Waals surface area contributed by atoms with Crippen molar-refractivity contribution in [2.75, 3.05) is 55.0 Å². The molecular weight excluding hydrogens is 260 g/mol. The summed E-state index contributed by atoms with van der Waals surface area (Å²) in [5.74, 6) is 1.64. The van der Waals surface area contributed by atoms with Gasteiger partial charge in [0.25, 0.3) is 0 Å². The summed E-state index contributed by atoms with van der Waals surface area (Å²) in [6, 6.07) is -0.107. The Hall–Kier alpha value is -1.67. The number of nitrogens with zero attached hydrogens (tertiary/aromatic N) is 4. The number of nitrogens with one attached hydrogen (secondary N) is 2. The molecule has 1 aromatic rings. The molecule has 1 unspecified atom stereocenters. The highest BCUT2D eigenvalue weighted by Gasteiger charge is 2.16. The van der Waals surface area contributed by atoms with Gasteiger partial charge in [0.15, 0.2) is 0 Å². The second-order valence-corrected chi connectivity index (χ2v) is 4.64. The maximum atomic E-state index is 9.11. The number of aromatic nitrogens is 3. The van der Waals surface area contributed by atoms with E-state index in [0.29, 0.717) is 31.1 Å². The zero-order valence-electron chi connectivity index (χ0n) is 12.0. The van der Waals surface area contributed by atoms with Gasteiger partial charge in [-0.2, -0.15) is 15.0 Å². The summed E-state index contributed by atoms with van der Waals surface area (Å²) < 4.78 is 5.33. The van der Waals surface area contributed by atoms with Crippen molar-refractivity contribution in [1.29, 1.82) is 0 Å². The van der Waals surface area contributed by atoms with E-state index in [1.807, 2.05) is 13.8 Å². The minimum absolute atomic E-state index is 0.0229. The number of anilines is 3. The maximum absolute atomic E-state index is 9.11. The number of hydrogen-bond donors (Lipinski definition) is 3. The molecular formula is C12H22N6O2. The van der Waals surface area contributed by atoms with E-state index in [4.69, 9.17) is 9.84 Å². The molecule has 1 aliphatic rings. The Morgan fingerprint density at radius 2 is 1.95 bits per heavy atom. The third-order valence-electron chi connectivity index (χ3n) is 2.90. The van der Waals surface area contributed by atoms with Crippen molar-refractivity contribution in [1.82, 2.24) is 15.0 Å². The van der Waals surface area contributed by atoms with E-state index in [1.165, 1.54) is 0 Å². The van der Waals surface area contributed by atoms with Crippen molar-refractivity contribution >= 4 is 17.8 Å². The fourth-order valence-corrected chi connectivity index (χ4v) is 1.84. The lowest BCUT2D eigenvalue weighted by molar-refractivity contribution is 0.122. The zero-order chi connectivity index (χ0) is 14.4. The number of morpholine rings is 1. The normalized spacial score (nSPS) is 16.9. The van der Waals surface area contributed by atoms with E-state index in [1.54, 1.807) is 0 Å². The Balaban J connectivity index is 2.20. The van der Waals surface area contributed by atoms with Gasteiger partial charge in [-0.3, -0.25) is 0 Å². The summed E-state index contributed by atoms with van der Waals surface area (Å²) in [5, 5.41) is 15.3. The topological polar surface area (TPSA) is 95.4 Å². The van der Waals surface area contributed by atoms with Gasteiger partial charge in [-0.15, -0.1) is 0 Å². The Bertz CT molecular complexity index is 424. The molecule has 1 saturated heterocycles. The van der Waals surface area contributed by atoms with Gasteiger partial charge in [0, 0.05) is 25.7 Å². The van der Waals surface area contributed by atoms with E-state index in [9.17, 15) is 0 Å². The van der Waals surface area contributed by atoms with Crippen LogP contribution in [0.5, 0.6) is 0 Å². The van der Waals surface area contributed by atoms with E-state index >= 15 is 0 Å². The van der Waals surface area contributed by atoms with Crippen LogP contribution in [0.15, 0.2) is 0 Å². The van der Waals surface area contributed by atoms with Crippen molar-refractivity contribution < 1.29 is 9.84 Å². The average molecular weight is 282 g/mol. The molecule has 0 aromatic carbocycles. The molecule has 20 heavy (non-hydrogen) atoms. The standard InChI is InChI=1S/C12H22N6O2/c1-3-13-10-15-11(14-9(2)8-19)17-12(16-10)18-4-6-20-7-5-18/h9,19H,3-8H2,1-2H3,(H2,13,14,15,16,17). The lowest BCUT2D eigenvalue weighted by Crippen LogP contribution is -2.37. The minimum atomic E-state index is -0.107. The number of aliphatic hydroxyl groups is 1. The summed E-state index contributed by atoms with van der Waals surface area (Å²) in [5.41, 5.74) is 0. The molecule has 1 atom stereocenters. The van der Waals surface area contributed by atoms with E-state index < -0.39 is 0 Å². The first-order valence-electron chi connectivity index (χ1n) is 6.93. The van der Waals surface area contributed by atoms with Crippen molar-refractivity contribution in [3.8, 4) is 0 Å². The van der Waals surface area contributed by atoms with Crippen LogP contribution < -0.4 is 15.5 Å². The van der Waals surface area contributed by atoms with E-state index in [-0.39, 0.29) is 12.6 Å². The maximum Gasteiger partial charge on any atom is 0.232 e. The summed E-state index contributed by atoms with van der Waals surface area (Å²) in [4.78, 5) is 15.2. The molecule has 8 nitrogen and oxygen atoms in total. The van der Waals surface area contributed by atoms with Gasteiger partial charge >= 0.3 is 0 Å². The zero-order valence-corrected chi connectivity index (χ0v) is 12.0. The summed E-state index contributed by atoms with van der Waals surface area (Å²) in [6.45, 7) is 7.51. The molecule has 0 bridgehead atoms. The summed E-state index contributed by atoms with van der Waals surface area (Å²) >= 11 is 0. The fraction of sp³-hybridized carbons (Fsp3) is 0.750. The highest BCUT2D eigenvalue weighted by molar-refractivity contribution is 5.44. The number of hydrogen-bond acceptors (Lipinski definition) is 8. The third-order valence-corrected chi connectivity index (χ3v) is 2.90. The molecule has 3 N–H and O–H groups in total. The molecule has 1 fully saturated rings. The van der Waals surface area contributed by atoms with E-state index in [2.05, 4.69) is 30.5 Å². The number of ether oxygens (including phenoxy) is 1. The second kappa shape index (κ2) is 7.20. The van der Waals surface area contributed by atoms with Crippen molar-refractivity contribution in [2.45, 2.75) is 19.9 Å². The Kier molecular flexibility index (Phi) is 5.31. The lowest BCUT2D eigenvalue weighted by Gasteiger charge is -2.27. The van der Waals surface area contributed by atoms with Gasteiger partial charge in [-0.05, 0) is 13.8 Å². The molecule has 0 saturated carbocycles. The van der Waals surface area contributed by atoms with Crippen LogP contribution in [0.1, 0.15) is 13.8 Å². The third kappa shape index (κ3) is 3.91. The van der Waals surface area contributed by atoms with Crippen LogP contribution in [0.4, 0.5) is 17.8 Å². The minimum Gasteiger partial charge on any atom is -0.394 e. The van der Waals surface area contributed by atoms with Crippen molar-refractivity contribution in [3.05, 3.63) is 0 Å². The van der Waals surface area contributed by atoms with Crippen LogP contribution in [0, 0.1) is 0 Å². The molecule has 0 aliphatic carbocycles. The van der Waals surface area contributed by atoms with Crippen molar-refractivity contribution in [2.24, 2.45) is 0 Å². The van der Waals surface area contributed by atoms with Crippen LogP contribution >= 0.6 is 0 Å². The van der Waals surface area contributed by atoms with Crippen LogP contribution in [-0.4, -0.2) is 65.6 Å². The van der Waals surface area contributed by atoms with Crippen molar-refractivity contribution in [3.63, 3.8) is 0 Å². The SMILES string of the molecule is CCNc1nc(NC(C)CO)nc(N2CCOCC2)n1. The first-order chi connectivity index (χ1) is 9.72. The van der Waals surface area contributed by atoms with Gasteiger partial charge in [0.2, 0.25) is 17.8 Å². The largest absolute Gasteiger partial charge is 0.394 e. The van der Waals surface area contributed by atoms with Crippen LogP contribution in [-0.2, 0) is 4.74 Å². The number of rotatable bonds is 6. The van der Waals surface area contributed by atoms with Gasteiger partial charge in [-0.1, -0.05) is 0 Å². The molecule has 8 heteroatoms. The predicted molar refractivity (Wildman–Crippen MR) is 77.2 cm³/mol. The Morgan fingerprint density at radius 3 is 2.60 bits per heavy atom. The highest BCUT2D eigenvalue weighted by Crippen LogP contribution is 2.15. The quantitative estimate of drug-likeness (QED) is 0.667. The molecule has 0 spiro atoms. The Labute approximate surface area is 118 Å². The lowest BCUT2D eigenvalue weighted by atomic mass is 10.4.